The van der Waals surface area contributed by atoms with Gasteiger partial charge in [0.2, 0.25) is 5.91 Å². The molecule has 4 nitrogen and oxygen atoms in total. The maximum Gasteiger partial charge on any atom is 0.223 e. The first-order valence-electron chi connectivity index (χ1n) is 5.61. The van der Waals surface area contributed by atoms with E-state index in [1.54, 1.807) is 7.11 Å². The first-order valence-corrected chi connectivity index (χ1v) is 5.61. The van der Waals surface area contributed by atoms with Crippen LogP contribution in [0.2, 0.25) is 0 Å². The van der Waals surface area contributed by atoms with E-state index in [-0.39, 0.29) is 5.91 Å². The summed E-state index contributed by atoms with van der Waals surface area (Å²) in [5, 5.41) is 3.23. The van der Waals surface area contributed by atoms with Gasteiger partial charge in [-0.1, -0.05) is 13.8 Å². The monoisotopic (exact) mass is 216 g/mol. The summed E-state index contributed by atoms with van der Waals surface area (Å²) < 4.78 is 4.96. The number of amides is 1. The van der Waals surface area contributed by atoms with Crippen molar-refractivity contribution in [1.82, 2.24) is 10.2 Å². The van der Waals surface area contributed by atoms with Crippen LogP contribution in [0, 0.1) is 0 Å². The number of methoxy groups -OCH3 is 1. The first kappa shape index (κ1) is 14.4. The molecule has 0 bridgehead atoms. The number of nitrogens with zero attached hydrogens (tertiary/aromatic N) is 1. The van der Waals surface area contributed by atoms with Crippen molar-refractivity contribution in [3.8, 4) is 0 Å². The number of nitrogens with one attached hydrogen (secondary N) is 1. The van der Waals surface area contributed by atoms with Gasteiger partial charge in [0, 0.05) is 39.2 Å². The highest BCUT2D eigenvalue weighted by Crippen LogP contribution is 1.94. The highest BCUT2D eigenvalue weighted by atomic mass is 16.5. The summed E-state index contributed by atoms with van der Waals surface area (Å²) in [5.41, 5.74) is 0. The van der Waals surface area contributed by atoms with E-state index in [0.29, 0.717) is 25.6 Å². The lowest BCUT2D eigenvalue weighted by Crippen LogP contribution is -2.36. The van der Waals surface area contributed by atoms with Crippen molar-refractivity contribution >= 4 is 5.91 Å². The molecule has 0 saturated carbocycles. The Bertz CT molecular complexity index is 172. The molecule has 0 unspecified atom stereocenters. The van der Waals surface area contributed by atoms with E-state index < -0.39 is 0 Å². The Kier molecular flexibility index (Phi) is 8.33. The van der Waals surface area contributed by atoms with E-state index in [1.807, 2.05) is 11.8 Å². The smallest absolute Gasteiger partial charge is 0.223 e. The van der Waals surface area contributed by atoms with Crippen molar-refractivity contribution in [2.45, 2.75) is 33.2 Å². The second kappa shape index (κ2) is 8.68. The molecule has 0 aromatic heterocycles. The SMILES string of the molecule is CCN(CCOC)C(=O)CCNC(C)C. The third-order valence-electron chi connectivity index (χ3n) is 2.19. The second-order valence-electron chi connectivity index (χ2n) is 3.83. The molecule has 0 aliphatic rings. The summed E-state index contributed by atoms with van der Waals surface area (Å²) in [6.07, 6.45) is 0.565. The van der Waals surface area contributed by atoms with Gasteiger partial charge in [0.25, 0.3) is 0 Å². The number of carbonyl (C=O) groups excluding carboxylic acids is 1. The van der Waals surface area contributed by atoms with Crippen molar-refractivity contribution < 1.29 is 9.53 Å². The fraction of sp³-hybridized carbons (Fsp3) is 0.909. The molecule has 0 aliphatic carbocycles. The largest absolute Gasteiger partial charge is 0.383 e. The van der Waals surface area contributed by atoms with Gasteiger partial charge < -0.3 is 15.0 Å². The van der Waals surface area contributed by atoms with Crippen LogP contribution in [0.3, 0.4) is 0 Å². The lowest BCUT2D eigenvalue weighted by atomic mass is 10.3. The first-order chi connectivity index (χ1) is 7.11. The second-order valence-corrected chi connectivity index (χ2v) is 3.83. The Morgan fingerprint density at radius 3 is 2.60 bits per heavy atom. The Morgan fingerprint density at radius 1 is 1.47 bits per heavy atom. The minimum atomic E-state index is 0.197. The van der Waals surface area contributed by atoms with Gasteiger partial charge >= 0.3 is 0 Å². The molecular formula is C11H24N2O2. The maximum atomic E-state index is 11.7. The molecule has 0 atom stereocenters. The number of likely N-dealkylation sites (N-methyl/N-ethyl adjacent to an activating group) is 1. The molecule has 0 saturated heterocycles. The Balaban J connectivity index is 3.73. The number of ether oxygens (including phenoxy) is 1. The highest BCUT2D eigenvalue weighted by Gasteiger charge is 2.10. The molecule has 4 heteroatoms. The minimum Gasteiger partial charge on any atom is -0.383 e. The Labute approximate surface area is 93.0 Å². The number of hydrogen-bond donors (Lipinski definition) is 1. The average Bonchev–Trinajstić information content (AvgIpc) is 2.18. The molecular weight excluding hydrogens is 192 g/mol. The molecule has 0 heterocycles. The predicted octanol–water partition coefficient (Wildman–Crippen LogP) is 0.869. The number of hydrogen-bond acceptors (Lipinski definition) is 3. The van der Waals surface area contributed by atoms with Crippen LogP contribution >= 0.6 is 0 Å². The predicted molar refractivity (Wildman–Crippen MR) is 61.9 cm³/mol. The molecule has 90 valence electrons. The van der Waals surface area contributed by atoms with Crippen molar-refractivity contribution in [3.63, 3.8) is 0 Å². The summed E-state index contributed by atoms with van der Waals surface area (Å²) in [5.74, 6) is 0.197. The van der Waals surface area contributed by atoms with Gasteiger partial charge in [-0.25, -0.2) is 0 Å². The van der Waals surface area contributed by atoms with Crippen LogP contribution in [-0.2, 0) is 9.53 Å². The normalized spacial score (nSPS) is 10.7. The van der Waals surface area contributed by atoms with Crippen LogP contribution in [0.25, 0.3) is 0 Å². The molecule has 1 N–H and O–H groups in total. The van der Waals surface area contributed by atoms with E-state index >= 15 is 0 Å². The van der Waals surface area contributed by atoms with Crippen LogP contribution < -0.4 is 5.32 Å². The van der Waals surface area contributed by atoms with Crippen molar-refractivity contribution in [1.29, 1.82) is 0 Å². The number of carbonyl (C=O) groups is 1. The topological polar surface area (TPSA) is 41.6 Å². The van der Waals surface area contributed by atoms with Gasteiger partial charge in [0.15, 0.2) is 0 Å². The van der Waals surface area contributed by atoms with E-state index in [4.69, 9.17) is 4.74 Å². The molecule has 0 radical (unpaired) electrons. The van der Waals surface area contributed by atoms with Crippen LogP contribution in [-0.4, -0.2) is 50.2 Å². The van der Waals surface area contributed by atoms with E-state index in [1.165, 1.54) is 0 Å². The summed E-state index contributed by atoms with van der Waals surface area (Å²) >= 11 is 0. The Morgan fingerprint density at radius 2 is 2.13 bits per heavy atom. The highest BCUT2D eigenvalue weighted by molar-refractivity contribution is 5.76. The minimum absolute atomic E-state index is 0.197. The van der Waals surface area contributed by atoms with Crippen LogP contribution in [0.4, 0.5) is 0 Å². The van der Waals surface area contributed by atoms with Gasteiger partial charge in [-0.05, 0) is 6.92 Å². The molecule has 0 fully saturated rings. The summed E-state index contributed by atoms with van der Waals surface area (Å²) in [6, 6.07) is 0.437. The van der Waals surface area contributed by atoms with E-state index in [2.05, 4.69) is 19.2 Å². The van der Waals surface area contributed by atoms with E-state index in [9.17, 15) is 4.79 Å². The zero-order valence-electron chi connectivity index (χ0n) is 10.4. The molecule has 0 spiro atoms. The molecule has 0 aliphatic heterocycles. The standard InChI is InChI=1S/C11H24N2O2/c1-5-13(8-9-15-4)11(14)6-7-12-10(2)3/h10,12H,5-9H2,1-4H3. The van der Waals surface area contributed by atoms with Crippen LogP contribution in [0.1, 0.15) is 27.2 Å². The third-order valence-corrected chi connectivity index (χ3v) is 2.19. The molecule has 0 aromatic rings. The average molecular weight is 216 g/mol. The molecule has 0 rings (SSSR count). The van der Waals surface area contributed by atoms with Crippen LogP contribution in [0.5, 0.6) is 0 Å². The van der Waals surface area contributed by atoms with Crippen molar-refractivity contribution in [2.75, 3.05) is 33.4 Å². The zero-order valence-corrected chi connectivity index (χ0v) is 10.4. The van der Waals surface area contributed by atoms with E-state index in [0.717, 1.165) is 13.1 Å². The summed E-state index contributed by atoms with van der Waals surface area (Å²) in [6.45, 7) is 8.94. The van der Waals surface area contributed by atoms with Crippen molar-refractivity contribution in [3.05, 3.63) is 0 Å². The lowest BCUT2D eigenvalue weighted by Gasteiger charge is -2.20. The fourth-order valence-electron chi connectivity index (χ4n) is 1.29. The summed E-state index contributed by atoms with van der Waals surface area (Å²) in [7, 11) is 1.65. The van der Waals surface area contributed by atoms with Gasteiger partial charge in [-0.3, -0.25) is 4.79 Å². The van der Waals surface area contributed by atoms with Gasteiger partial charge in [-0.2, -0.15) is 0 Å². The molecule has 15 heavy (non-hydrogen) atoms. The fourth-order valence-corrected chi connectivity index (χ4v) is 1.29. The lowest BCUT2D eigenvalue weighted by molar-refractivity contribution is -0.131. The zero-order chi connectivity index (χ0) is 11.7. The number of rotatable bonds is 8. The van der Waals surface area contributed by atoms with Gasteiger partial charge in [0.1, 0.15) is 0 Å². The van der Waals surface area contributed by atoms with Crippen LogP contribution in [0.15, 0.2) is 0 Å². The van der Waals surface area contributed by atoms with Gasteiger partial charge in [0.05, 0.1) is 6.61 Å². The quantitative estimate of drug-likeness (QED) is 0.654. The summed E-state index contributed by atoms with van der Waals surface area (Å²) in [4.78, 5) is 13.5. The molecule has 1 amide bonds. The van der Waals surface area contributed by atoms with Gasteiger partial charge in [-0.15, -0.1) is 0 Å². The molecule has 0 aromatic carbocycles. The Hall–Kier alpha value is -0.610. The van der Waals surface area contributed by atoms with Crippen molar-refractivity contribution in [2.24, 2.45) is 0 Å². The maximum absolute atomic E-state index is 11.7. The third kappa shape index (κ3) is 7.33.